The fourth-order valence-corrected chi connectivity index (χ4v) is 2.71. The van der Waals surface area contributed by atoms with Gasteiger partial charge in [-0.25, -0.2) is 10.4 Å². The first kappa shape index (κ1) is 19.1. The van der Waals surface area contributed by atoms with Crippen LogP contribution in [0.1, 0.15) is 5.56 Å². The molecule has 1 heterocycles. The van der Waals surface area contributed by atoms with Crippen molar-refractivity contribution in [1.82, 2.24) is 10.4 Å². The van der Waals surface area contributed by atoms with Gasteiger partial charge in [-0.3, -0.25) is 9.59 Å². The lowest BCUT2D eigenvalue weighted by atomic mass is 10.2. The SMILES string of the molecule is O=C(N/N=C/c1cc2ccccc2nc1Cl)C(=O)Nc1cc(Cl)ccc1Cl. The zero-order valence-electron chi connectivity index (χ0n) is 13.5. The van der Waals surface area contributed by atoms with E-state index in [1.165, 1.54) is 18.3 Å². The fraction of sp³-hybridized carbons (Fsp3) is 0. The van der Waals surface area contributed by atoms with Crippen molar-refractivity contribution in [3.05, 3.63) is 69.3 Å². The molecule has 0 fully saturated rings. The van der Waals surface area contributed by atoms with Crippen molar-refractivity contribution in [3.8, 4) is 0 Å². The van der Waals surface area contributed by atoms with E-state index in [2.05, 4.69) is 20.8 Å². The van der Waals surface area contributed by atoms with Crippen LogP contribution >= 0.6 is 34.8 Å². The lowest BCUT2D eigenvalue weighted by Gasteiger charge is -2.06. The molecule has 9 heteroatoms. The third-order valence-corrected chi connectivity index (χ3v) is 4.32. The van der Waals surface area contributed by atoms with E-state index in [1.807, 2.05) is 24.3 Å². The Labute approximate surface area is 169 Å². The molecule has 6 nitrogen and oxygen atoms in total. The standard InChI is InChI=1S/C18H11Cl3N4O2/c19-12-5-6-13(20)15(8-12)24-17(26)18(27)25-22-9-11-7-10-3-1-2-4-14(10)23-16(11)21/h1-9H,(H,24,26)(H,25,27)/b22-9+. The van der Waals surface area contributed by atoms with E-state index < -0.39 is 11.8 Å². The van der Waals surface area contributed by atoms with Gasteiger partial charge in [-0.15, -0.1) is 0 Å². The van der Waals surface area contributed by atoms with E-state index in [9.17, 15) is 9.59 Å². The number of pyridine rings is 1. The Kier molecular flexibility index (Phi) is 5.91. The first-order valence-electron chi connectivity index (χ1n) is 7.59. The maximum Gasteiger partial charge on any atom is 0.329 e. The van der Waals surface area contributed by atoms with Crippen LogP contribution in [0.2, 0.25) is 15.2 Å². The molecule has 2 amide bonds. The predicted molar refractivity (Wildman–Crippen MR) is 108 cm³/mol. The van der Waals surface area contributed by atoms with Gasteiger partial charge in [0.25, 0.3) is 0 Å². The number of hydrogen-bond donors (Lipinski definition) is 2. The van der Waals surface area contributed by atoms with Gasteiger partial charge in [0, 0.05) is 16.0 Å². The van der Waals surface area contributed by atoms with Crippen molar-refractivity contribution in [2.45, 2.75) is 0 Å². The minimum atomic E-state index is -0.979. The van der Waals surface area contributed by atoms with Crippen molar-refractivity contribution in [2.75, 3.05) is 5.32 Å². The molecule has 136 valence electrons. The summed E-state index contributed by atoms with van der Waals surface area (Å²) in [4.78, 5) is 28.0. The first-order valence-corrected chi connectivity index (χ1v) is 8.72. The Balaban J connectivity index is 1.67. The number of para-hydroxylation sites is 1. The minimum Gasteiger partial charge on any atom is -0.316 e. The predicted octanol–water partition coefficient (Wildman–Crippen LogP) is 4.28. The number of aromatic nitrogens is 1. The van der Waals surface area contributed by atoms with Crippen LogP contribution in [0.25, 0.3) is 10.9 Å². The molecule has 3 rings (SSSR count). The topological polar surface area (TPSA) is 83.5 Å². The van der Waals surface area contributed by atoms with Gasteiger partial charge in [0.1, 0.15) is 5.15 Å². The maximum absolute atomic E-state index is 11.9. The molecule has 0 spiro atoms. The molecule has 1 aromatic heterocycles. The largest absolute Gasteiger partial charge is 0.329 e. The number of benzene rings is 2. The molecule has 0 radical (unpaired) electrons. The van der Waals surface area contributed by atoms with Crippen molar-refractivity contribution in [2.24, 2.45) is 5.10 Å². The zero-order chi connectivity index (χ0) is 19.4. The highest BCUT2D eigenvalue weighted by molar-refractivity contribution is 6.42. The van der Waals surface area contributed by atoms with Crippen LogP contribution in [0.3, 0.4) is 0 Å². The molecule has 0 aliphatic rings. The normalized spacial score (nSPS) is 10.9. The molecule has 0 saturated carbocycles. The maximum atomic E-state index is 11.9. The van der Waals surface area contributed by atoms with Gasteiger partial charge >= 0.3 is 11.8 Å². The second-order valence-electron chi connectivity index (χ2n) is 5.34. The Bertz CT molecular complexity index is 1070. The van der Waals surface area contributed by atoms with Gasteiger partial charge in [0.05, 0.1) is 22.4 Å². The van der Waals surface area contributed by atoms with Crippen LogP contribution in [0, 0.1) is 0 Å². The number of carbonyl (C=O) groups is 2. The van der Waals surface area contributed by atoms with E-state index in [1.54, 1.807) is 12.1 Å². The summed E-state index contributed by atoms with van der Waals surface area (Å²) in [5.41, 5.74) is 3.57. The highest BCUT2D eigenvalue weighted by Crippen LogP contribution is 2.25. The molecule has 27 heavy (non-hydrogen) atoms. The van der Waals surface area contributed by atoms with E-state index in [4.69, 9.17) is 34.8 Å². The van der Waals surface area contributed by atoms with Crippen LogP contribution in [0.15, 0.2) is 53.6 Å². The van der Waals surface area contributed by atoms with Gasteiger partial charge in [-0.1, -0.05) is 53.0 Å². The van der Waals surface area contributed by atoms with E-state index >= 15 is 0 Å². The summed E-state index contributed by atoms with van der Waals surface area (Å²) in [7, 11) is 0. The van der Waals surface area contributed by atoms with Crippen molar-refractivity contribution in [1.29, 1.82) is 0 Å². The van der Waals surface area contributed by atoms with Crippen LogP contribution in [-0.2, 0) is 9.59 Å². The van der Waals surface area contributed by atoms with Gasteiger partial charge in [-0.05, 0) is 30.3 Å². The van der Waals surface area contributed by atoms with Crippen molar-refractivity contribution < 1.29 is 9.59 Å². The zero-order valence-corrected chi connectivity index (χ0v) is 15.8. The lowest BCUT2D eigenvalue weighted by molar-refractivity contribution is -0.136. The molecular weight excluding hydrogens is 411 g/mol. The second-order valence-corrected chi connectivity index (χ2v) is 6.54. The van der Waals surface area contributed by atoms with E-state index in [-0.39, 0.29) is 15.9 Å². The minimum absolute atomic E-state index is 0.218. The first-order chi connectivity index (χ1) is 12.9. The highest BCUT2D eigenvalue weighted by Gasteiger charge is 2.15. The summed E-state index contributed by atoms with van der Waals surface area (Å²) in [6, 6.07) is 13.7. The monoisotopic (exact) mass is 420 g/mol. The molecule has 2 N–H and O–H groups in total. The molecule has 2 aromatic carbocycles. The number of anilines is 1. The Morgan fingerprint density at radius 1 is 1.00 bits per heavy atom. The molecule has 3 aromatic rings. The molecule has 0 aliphatic heterocycles. The van der Waals surface area contributed by atoms with E-state index in [0.29, 0.717) is 10.6 Å². The Morgan fingerprint density at radius 3 is 2.59 bits per heavy atom. The molecule has 0 unspecified atom stereocenters. The number of halogens is 3. The quantitative estimate of drug-likeness (QED) is 0.286. The number of hydrogen-bond acceptors (Lipinski definition) is 4. The third kappa shape index (κ3) is 4.74. The van der Waals surface area contributed by atoms with Gasteiger partial charge in [0.2, 0.25) is 0 Å². The average molecular weight is 422 g/mol. The van der Waals surface area contributed by atoms with Crippen molar-refractivity contribution >= 4 is 69.4 Å². The van der Waals surface area contributed by atoms with Crippen LogP contribution in [0.4, 0.5) is 5.69 Å². The summed E-state index contributed by atoms with van der Waals surface area (Å²) < 4.78 is 0. The molecule has 0 saturated heterocycles. The number of carbonyl (C=O) groups excluding carboxylic acids is 2. The summed E-state index contributed by atoms with van der Waals surface area (Å²) in [5, 5.41) is 7.80. The molecule has 0 atom stereocenters. The number of hydrazone groups is 1. The number of rotatable bonds is 3. The van der Waals surface area contributed by atoms with Crippen molar-refractivity contribution in [3.63, 3.8) is 0 Å². The van der Waals surface area contributed by atoms with Gasteiger partial charge in [-0.2, -0.15) is 5.10 Å². The summed E-state index contributed by atoms with van der Waals surface area (Å²) in [6.45, 7) is 0. The summed E-state index contributed by atoms with van der Waals surface area (Å²) in [5.74, 6) is -1.92. The molecular formula is C18H11Cl3N4O2. The summed E-state index contributed by atoms with van der Waals surface area (Å²) in [6.07, 6.45) is 1.30. The van der Waals surface area contributed by atoms with Crippen LogP contribution in [-0.4, -0.2) is 23.0 Å². The van der Waals surface area contributed by atoms with E-state index in [0.717, 1.165) is 10.9 Å². The third-order valence-electron chi connectivity index (χ3n) is 3.46. The number of nitrogens with zero attached hydrogens (tertiary/aromatic N) is 2. The molecule has 0 bridgehead atoms. The smallest absolute Gasteiger partial charge is 0.316 e. The second kappa shape index (κ2) is 8.35. The highest BCUT2D eigenvalue weighted by atomic mass is 35.5. The Hall–Kier alpha value is -2.67. The average Bonchev–Trinajstić information content (AvgIpc) is 2.65. The number of amides is 2. The van der Waals surface area contributed by atoms with Crippen LogP contribution < -0.4 is 10.7 Å². The number of fused-ring (bicyclic) bond motifs is 1. The fourth-order valence-electron chi connectivity index (χ4n) is 2.18. The van der Waals surface area contributed by atoms with Crippen LogP contribution in [0.5, 0.6) is 0 Å². The lowest BCUT2D eigenvalue weighted by Crippen LogP contribution is -2.32. The van der Waals surface area contributed by atoms with Gasteiger partial charge < -0.3 is 5.32 Å². The van der Waals surface area contributed by atoms with Gasteiger partial charge in [0.15, 0.2) is 0 Å². The number of nitrogens with one attached hydrogen (secondary N) is 2. The molecule has 0 aliphatic carbocycles. The Morgan fingerprint density at radius 2 is 1.78 bits per heavy atom. The summed E-state index contributed by atoms with van der Waals surface area (Å²) >= 11 is 17.9.